The van der Waals surface area contributed by atoms with Crippen molar-refractivity contribution in [2.75, 3.05) is 19.7 Å². The van der Waals surface area contributed by atoms with Crippen LogP contribution >= 0.6 is 0 Å². The van der Waals surface area contributed by atoms with Crippen LogP contribution in [0.2, 0.25) is 0 Å². The molecule has 2 nitrogen and oxygen atoms in total. The second-order valence-electron chi connectivity index (χ2n) is 5.47. The number of hydrogen-bond acceptors (Lipinski definition) is 2. The van der Waals surface area contributed by atoms with Crippen LogP contribution in [0.25, 0.3) is 0 Å². The first-order chi connectivity index (χ1) is 8.83. The molecule has 0 amide bonds. The van der Waals surface area contributed by atoms with Crippen molar-refractivity contribution in [3.63, 3.8) is 0 Å². The van der Waals surface area contributed by atoms with Crippen LogP contribution in [-0.2, 0) is 0 Å². The van der Waals surface area contributed by atoms with Crippen LogP contribution in [-0.4, -0.2) is 19.7 Å². The smallest absolute Gasteiger partial charge is 0.165 e. The predicted octanol–water partition coefficient (Wildman–Crippen LogP) is 3.08. The molecule has 2 fully saturated rings. The maximum atomic E-state index is 13.9. The van der Waals surface area contributed by atoms with Gasteiger partial charge < -0.3 is 10.1 Å². The van der Waals surface area contributed by atoms with Gasteiger partial charge >= 0.3 is 0 Å². The molecule has 0 atom stereocenters. The lowest BCUT2D eigenvalue weighted by molar-refractivity contribution is 0.285. The van der Waals surface area contributed by atoms with Crippen LogP contribution in [0, 0.1) is 11.7 Å². The van der Waals surface area contributed by atoms with Gasteiger partial charge in [0.2, 0.25) is 0 Å². The van der Waals surface area contributed by atoms with Crippen LogP contribution in [0.1, 0.15) is 37.2 Å². The van der Waals surface area contributed by atoms with E-state index in [9.17, 15) is 4.39 Å². The van der Waals surface area contributed by atoms with Gasteiger partial charge in [-0.2, -0.15) is 0 Å². The lowest BCUT2D eigenvalue weighted by atomic mass is 9.90. The summed E-state index contributed by atoms with van der Waals surface area (Å²) < 4.78 is 19.5. The highest BCUT2D eigenvalue weighted by molar-refractivity contribution is 5.31. The fraction of sp³-hybridized carbons (Fsp3) is 0.600. The summed E-state index contributed by atoms with van der Waals surface area (Å²) in [5, 5.41) is 3.33. The Morgan fingerprint density at radius 2 is 1.94 bits per heavy atom. The molecule has 1 saturated carbocycles. The van der Waals surface area contributed by atoms with Crippen molar-refractivity contribution >= 4 is 0 Å². The Labute approximate surface area is 108 Å². The molecule has 2 aliphatic rings. The summed E-state index contributed by atoms with van der Waals surface area (Å²) in [5.41, 5.74) is 1.12. The molecule has 1 aromatic rings. The predicted molar refractivity (Wildman–Crippen MR) is 69.5 cm³/mol. The Bertz CT molecular complexity index is 411. The molecule has 3 rings (SSSR count). The third kappa shape index (κ3) is 2.83. The number of rotatable bonds is 4. The van der Waals surface area contributed by atoms with Crippen molar-refractivity contribution in [3.05, 3.63) is 29.6 Å². The molecule has 0 unspecified atom stereocenters. The molecule has 98 valence electrons. The van der Waals surface area contributed by atoms with E-state index in [2.05, 4.69) is 5.32 Å². The molecule has 0 bridgehead atoms. The molecule has 1 aliphatic carbocycles. The molecule has 1 aromatic carbocycles. The highest BCUT2D eigenvalue weighted by Gasteiger charge is 2.23. The Hall–Kier alpha value is -1.09. The number of halogens is 1. The van der Waals surface area contributed by atoms with Crippen molar-refractivity contribution < 1.29 is 9.13 Å². The zero-order valence-electron chi connectivity index (χ0n) is 10.6. The number of ether oxygens (including phenoxy) is 1. The summed E-state index contributed by atoms with van der Waals surface area (Å²) in [5.74, 6) is 1.37. The minimum absolute atomic E-state index is 0.202. The van der Waals surface area contributed by atoms with E-state index in [0.717, 1.165) is 31.5 Å². The van der Waals surface area contributed by atoms with Crippen LogP contribution in [0.4, 0.5) is 4.39 Å². The van der Waals surface area contributed by atoms with E-state index < -0.39 is 0 Å². The second-order valence-corrected chi connectivity index (χ2v) is 5.47. The third-order valence-corrected chi connectivity index (χ3v) is 3.94. The molecular formula is C15H20FNO. The van der Waals surface area contributed by atoms with E-state index in [-0.39, 0.29) is 5.82 Å². The van der Waals surface area contributed by atoms with Crippen molar-refractivity contribution in [3.8, 4) is 5.75 Å². The highest BCUT2D eigenvalue weighted by Crippen LogP contribution is 2.32. The summed E-state index contributed by atoms with van der Waals surface area (Å²) in [6.45, 7) is 2.74. The first kappa shape index (κ1) is 12.0. The van der Waals surface area contributed by atoms with Crippen molar-refractivity contribution in [2.45, 2.75) is 31.6 Å². The zero-order valence-corrected chi connectivity index (χ0v) is 10.6. The SMILES string of the molecule is Fc1cc(C2CCNCC2)ccc1OCC1CC1. The van der Waals surface area contributed by atoms with Crippen LogP contribution < -0.4 is 10.1 Å². The molecule has 1 saturated heterocycles. The van der Waals surface area contributed by atoms with Gasteiger partial charge in [-0.05, 0) is 68.3 Å². The van der Waals surface area contributed by atoms with Gasteiger partial charge in [0.05, 0.1) is 6.61 Å². The quantitative estimate of drug-likeness (QED) is 0.885. The normalized spacial score (nSPS) is 20.9. The number of piperidine rings is 1. The Kier molecular flexibility index (Phi) is 3.50. The lowest BCUT2D eigenvalue weighted by Gasteiger charge is -2.23. The molecule has 1 N–H and O–H groups in total. The number of benzene rings is 1. The average molecular weight is 249 g/mol. The number of hydrogen-bond donors (Lipinski definition) is 1. The average Bonchev–Trinajstić information content (AvgIpc) is 3.22. The molecular weight excluding hydrogens is 229 g/mol. The summed E-state index contributed by atoms with van der Waals surface area (Å²) in [7, 11) is 0. The summed E-state index contributed by atoms with van der Waals surface area (Å²) in [6.07, 6.45) is 4.66. The third-order valence-electron chi connectivity index (χ3n) is 3.94. The summed E-state index contributed by atoms with van der Waals surface area (Å²) in [4.78, 5) is 0. The van der Waals surface area contributed by atoms with Gasteiger partial charge in [0, 0.05) is 0 Å². The standard InChI is InChI=1S/C15H20FNO/c16-14-9-13(12-5-7-17-8-6-12)3-4-15(14)18-10-11-1-2-11/h3-4,9,11-12,17H,1-2,5-8,10H2. The van der Waals surface area contributed by atoms with Crippen molar-refractivity contribution in [1.82, 2.24) is 5.32 Å². The second kappa shape index (κ2) is 5.27. The van der Waals surface area contributed by atoms with Crippen molar-refractivity contribution in [2.24, 2.45) is 5.92 Å². The summed E-state index contributed by atoms with van der Waals surface area (Å²) in [6, 6.07) is 5.49. The molecule has 3 heteroatoms. The van der Waals surface area contributed by atoms with Gasteiger partial charge in [-0.1, -0.05) is 6.07 Å². The summed E-state index contributed by atoms with van der Waals surface area (Å²) >= 11 is 0. The molecule has 18 heavy (non-hydrogen) atoms. The maximum Gasteiger partial charge on any atom is 0.165 e. The fourth-order valence-electron chi connectivity index (χ4n) is 2.54. The zero-order chi connectivity index (χ0) is 12.4. The van der Waals surface area contributed by atoms with Gasteiger partial charge in [-0.3, -0.25) is 0 Å². The Morgan fingerprint density at radius 1 is 1.17 bits per heavy atom. The molecule has 1 aliphatic heterocycles. The molecule has 0 aromatic heterocycles. The van der Waals surface area contributed by atoms with Crippen LogP contribution in [0.15, 0.2) is 18.2 Å². The van der Waals surface area contributed by atoms with Gasteiger partial charge in [0.15, 0.2) is 11.6 Å². The molecule has 0 spiro atoms. The minimum Gasteiger partial charge on any atom is -0.490 e. The fourth-order valence-corrected chi connectivity index (χ4v) is 2.54. The highest BCUT2D eigenvalue weighted by atomic mass is 19.1. The maximum absolute atomic E-state index is 13.9. The first-order valence-corrected chi connectivity index (χ1v) is 6.96. The van der Waals surface area contributed by atoms with E-state index in [1.54, 1.807) is 12.1 Å². The number of nitrogens with one attached hydrogen (secondary N) is 1. The monoisotopic (exact) mass is 249 g/mol. The van der Waals surface area contributed by atoms with Gasteiger partial charge in [-0.15, -0.1) is 0 Å². The van der Waals surface area contributed by atoms with Gasteiger partial charge in [0.25, 0.3) is 0 Å². The minimum atomic E-state index is -0.202. The van der Waals surface area contributed by atoms with E-state index >= 15 is 0 Å². The Morgan fingerprint density at radius 3 is 2.61 bits per heavy atom. The van der Waals surface area contributed by atoms with Crippen LogP contribution in [0.5, 0.6) is 5.75 Å². The first-order valence-electron chi connectivity index (χ1n) is 6.96. The topological polar surface area (TPSA) is 21.3 Å². The van der Waals surface area contributed by atoms with E-state index in [4.69, 9.17) is 4.74 Å². The van der Waals surface area contributed by atoms with E-state index in [0.29, 0.717) is 24.2 Å². The molecule has 0 radical (unpaired) electrons. The van der Waals surface area contributed by atoms with Crippen LogP contribution in [0.3, 0.4) is 0 Å². The van der Waals surface area contributed by atoms with Gasteiger partial charge in [-0.25, -0.2) is 4.39 Å². The van der Waals surface area contributed by atoms with E-state index in [1.807, 2.05) is 6.07 Å². The molecule has 1 heterocycles. The Balaban J connectivity index is 1.66. The van der Waals surface area contributed by atoms with Gasteiger partial charge in [0.1, 0.15) is 0 Å². The van der Waals surface area contributed by atoms with Crippen molar-refractivity contribution in [1.29, 1.82) is 0 Å². The van der Waals surface area contributed by atoms with E-state index in [1.165, 1.54) is 12.8 Å². The lowest BCUT2D eigenvalue weighted by Crippen LogP contribution is -2.26. The largest absolute Gasteiger partial charge is 0.490 e.